The molecule has 0 aromatic heterocycles. The largest absolute Gasteiger partial charge is 0.507 e. The highest BCUT2D eigenvalue weighted by Crippen LogP contribution is 2.69. The van der Waals surface area contributed by atoms with Crippen molar-refractivity contribution in [2.75, 3.05) is 0 Å². The number of phenols is 1. The number of fused-ring (bicyclic) bond motifs is 1. The van der Waals surface area contributed by atoms with E-state index >= 15 is 0 Å². The molecule has 0 saturated carbocycles. The number of hydrogen-bond donors (Lipinski definition) is 1. The molecule has 5 atom stereocenters. The summed E-state index contributed by atoms with van der Waals surface area (Å²) in [5.41, 5.74) is 4.57. The third-order valence-electron chi connectivity index (χ3n) is 17.8. The standard InChI is InChI=1S/C63H118O2/c1-14-19-24-29-30-31-32-37-50-63(49-36-28-23-18-5)61(13,57(44-33-25-20-15-2)46-45-53(9)43-39-42-52(8)41-38-40-51(6)7)65-60-55(11)54(10)59(64)56(12)58(60)62(63,47-34-26-21-16-3)48-35-27-22-17-4/h51-53,57,64H,14-50H2,1-13H3/t52-,53+,57?,61-,63?/m0/s1. The number of rotatable bonds is 41. The fraction of sp³-hybridized carbons (Fsp3) is 0.905. The SMILES string of the molecule is CCCCCCCCCCC1(CCCCCC)C(CCCCCC)(CCCCCC)c2c(C)c(O)c(C)c(C)c2O[C@@]1(C)C(CCCCCC)CC[C@H](C)CCC[C@@H](C)CCCC(C)C. The lowest BCUT2D eigenvalue weighted by atomic mass is 9.43. The van der Waals surface area contributed by atoms with Crippen LogP contribution in [0.5, 0.6) is 11.5 Å². The normalized spacial score (nSPS) is 19.7. The van der Waals surface area contributed by atoms with Crippen molar-refractivity contribution in [2.45, 2.75) is 339 Å². The molecule has 1 heterocycles. The average Bonchev–Trinajstić information content (AvgIpc) is 3.28. The average molecular weight is 908 g/mol. The Morgan fingerprint density at radius 3 is 1.29 bits per heavy atom. The first-order valence-corrected chi connectivity index (χ1v) is 29.8. The predicted octanol–water partition coefficient (Wildman–Crippen LogP) is 21.8. The summed E-state index contributed by atoms with van der Waals surface area (Å²) >= 11 is 0. The monoisotopic (exact) mass is 907 g/mol. The van der Waals surface area contributed by atoms with E-state index in [-0.39, 0.29) is 16.4 Å². The van der Waals surface area contributed by atoms with Crippen LogP contribution >= 0.6 is 0 Å². The van der Waals surface area contributed by atoms with Gasteiger partial charge in [-0.2, -0.15) is 0 Å². The first kappa shape index (κ1) is 59.9. The summed E-state index contributed by atoms with van der Waals surface area (Å²) in [5, 5.41) is 12.2. The molecule has 2 rings (SSSR count). The second-order valence-corrected chi connectivity index (χ2v) is 23.5. The lowest BCUT2D eigenvalue weighted by molar-refractivity contribution is -0.173. The number of unbranched alkanes of at least 4 members (excludes halogenated alkanes) is 19. The zero-order valence-electron chi connectivity index (χ0n) is 46.8. The molecule has 65 heavy (non-hydrogen) atoms. The van der Waals surface area contributed by atoms with Crippen molar-refractivity contribution >= 4 is 0 Å². The van der Waals surface area contributed by atoms with Gasteiger partial charge in [0.25, 0.3) is 0 Å². The van der Waals surface area contributed by atoms with E-state index in [1.165, 1.54) is 254 Å². The van der Waals surface area contributed by atoms with Gasteiger partial charge in [0, 0.05) is 16.4 Å². The molecule has 2 heteroatoms. The number of aromatic hydroxyl groups is 1. The van der Waals surface area contributed by atoms with Crippen LogP contribution in [-0.2, 0) is 5.41 Å². The van der Waals surface area contributed by atoms with Gasteiger partial charge in [0.05, 0.1) is 0 Å². The Hall–Kier alpha value is -1.18. The molecule has 1 aliphatic rings. The van der Waals surface area contributed by atoms with E-state index in [2.05, 4.69) is 90.0 Å². The van der Waals surface area contributed by atoms with E-state index in [4.69, 9.17) is 4.74 Å². The van der Waals surface area contributed by atoms with Gasteiger partial charge in [0.2, 0.25) is 0 Å². The van der Waals surface area contributed by atoms with Gasteiger partial charge in [0.1, 0.15) is 17.1 Å². The van der Waals surface area contributed by atoms with Gasteiger partial charge in [-0.05, 0) is 107 Å². The van der Waals surface area contributed by atoms with Crippen molar-refractivity contribution in [1.82, 2.24) is 0 Å². The molecular weight excluding hydrogens is 789 g/mol. The van der Waals surface area contributed by atoms with Crippen LogP contribution in [-0.4, -0.2) is 10.7 Å². The van der Waals surface area contributed by atoms with Crippen LogP contribution in [0.2, 0.25) is 0 Å². The Morgan fingerprint density at radius 1 is 0.415 bits per heavy atom. The number of ether oxygens (including phenoxy) is 1. The molecule has 1 aliphatic heterocycles. The highest BCUT2D eigenvalue weighted by Gasteiger charge is 2.67. The minimum absolute atomic E-state index is 0.00432. The van der Waals surface area contributed by atoms with Crippen LogP contribution in [0.15, 0.2) is 0 Å². The summed E-state index contributed by atoms with van der Waals surface area (Å²) in [6, 6.07) is 0. The number of phenolic OH excluding ortho intramolecular Hbond substituents is 1. The minimum atomic E-state index is -0.277. The Balaban J connectivity index is 2.93. The maximum Gasteiger partial charge on any atom is 0.127 e. The molecule has 0 aliphatic carbocycles. The molecule has 0 saturated heterocycles. The molecule has 1 aromatic carbocycles. The number of hydrogen-bond acceptors (Lipinski definition) is 2. The quantitative estimate of drug-likeness (QED) is 0.0664. The maximum atomic E-state index is 12.2. The topological polar surface area (TPSA) is 29.5 Å². The zero-order valence-corrected chi connectivity index (χ0v) is 46.8. The zero-order chi connectivity index (χ0) is 48.1. The van der Waals surface area contributed by atoms with E-state index in [0.717, 1.165) is 28.9 Å². The Morgan fingerprint density at radius 2 is 0.815 bits per heavy atom. The van der Waals surface area contributed by atoms with Gasteiger partial charge in [-0.3, -0.25) is 0 Å². The molecule has 1 N–H and O–H groups in total. The molecule has 1 aromatic rings. The van der Waals surface area contributed by atoms with Crippen LogP contribution < -0.4 is 4.74 Å². The Kier molecular flexibility index (Phi) is 30.8. The van der Waals surface area contributed by atoms with E-state index in [9.17, 15) is 5.11 Å². The Bertz CT molecular complexity index is 1330. The van der Waals surface area contributed by atoms with Gasteiger partial charge >= 0.3 is 0 Å². The fourth-order valence-electron chi connectivity index (χ4n) is 13.4. The summed E-state index contributed by atoms with van der Waals surface area (Å²) < 4.78 is 8.28. The molecule has 0 fully saturated rings. The first-order valence-electron chi connectivity index (χ1n) is 29.8. The molecular formula is C63H118O2. The van der Waals surface area contributed by atoms with Gasteiger partial charge in [0.15, 0.2) is 0 Å². The molecule has 0 spiro atoms. The summed E-state index contributed by atoms with van der Waals surface area (Å²) in [5.74, 6) is 4.69. The third-order valence-corrected chi connectivity index (χ3v) is 17.8. The lowest BCUT2D eigenvalue weighted by Crippen LogP contribution is -2.67. The van der Waals surface area contributed by atoms with Crippen LogP contribution in [0.4, 0.5) is 0 Å². The maximum absolute atomic E-state index is 12.2. The van der Waals surface area contributed by atoms with Gasteiger partial charge in [-0.25, -0.2) is 0 Å². The summed E-state index contributed by atoms with van der Waals surface area (Å²) in [7, 11) is 0. The van der Waals surface area contributed by atoms with Gasteiger partial charge in [-0.1, -0.05) is 261 Å². The molecule has 0 radical (unpaired) electrons. The molecule has 382 valence electrons. The molecule has 2 unspecified atom stereocenters. The summed E-state index contributed by atoms with van der Waals surface area (Å²) in [6.45, 7) is 31.3. The van der Waals surface area contributed by atoms with E-state index in [1.54, 1.807) is 0 Å². The highest BCUT2D eigenvalue weighted by molar-refractivity contribution is 5.62. The minimum Gasteiger partial charge on any atom is -0.507 e. The predicted molar refractivity (Wildman–Crippen MR) is 291 cm³/mol. The smallest absolute Gasteiger partial charge is 0.127 e. The van der Waals surface area contributed by atoms with Crippen LogP contribution in [0, 0.1) is 49.9 Å². The van der Waals surface area contributed by atoms with E-state index < -0.39 is 0 Å². The van der Waals surface area contributed by atoms with Crippen molar-refractivity contribution in [3.63, 3.8) is 0 Å². The second kappa shape index (κ2) is 33.4. The van der Waals surface area contributed by atoms with Crippen molar-refractivity contribution in [2.24, 2.45) is 29.1 Å². The third kappa shape index (κ3) is 18.3. The summed E-state index contributed by atoms with van der Waals surface area (Å²) in [4.78, 5) is 0. The first-order chi connectivity index (χ1) is 31.3. The van der Waals surface area contributed by atoms with Crippen LogP contribution in [0.25, 0.3) is 0 Å². The molecule has 0 bridgehead atoms. The molecule has 2 nitrogen and oxygen atoms in total. The highest BCUT2D eigenvalue weighted by atomic mass is 16.5. The Labute approximate surface area is 409 Å². The summed E-state index contributed by atoms with van der Waals surface area (Å²) in [6.07, 6.45) is 49.1. The van der Waals surface area contributed by atoms with Gasteiger partial charge in [-0.15, -0.1) is 0 Å². The van der Waals surface area contributed by atoms with E-state index in [0.29, 0.717) is 11.7 Å². The van der Waals surface area contributed by atoms with Crippen molar-refractivity contribution in [3.05, 3.63) is 22.3 Å². The van der Waals surface area contributed by atoms with Crippen molar-refractivity contribution in [3.8, 4) is 11.5 Å². The molecule has 0 amide bonds. The van der Waals surface area contributed by atoms with Crippen molar-refractivity contribution < 1.29 is 9.84 Å². The number of benzene rings is 1. The van der Waals surface area contributed by atoms with Gasteiger partial charge < -0.3 is 9.84 Å². The lowest BCUT2D eigenvalue weighted by Gasteiger charge is -2.66. The fourth-order valence-corrected chi connectivity index (χ4v) is 13.4. The second-order valence-electron chi connectivity index (χ2n) is 23.5. The van der Waals surface area contributed by atoms with Crippen LogP contribution in [0.3, 0.4) is 0 Å². The van der Waals surface area contributed by atoms with Crippen molar-refractivity contribution in [1.29, 1.82) is 0 Å². The van der Waals surface area contributed by atoms with Crippen LogP contribution in [0.1, 0.15) is 329 Å². The van der Waals surface area contributed by atoms with E-state index in [1.807, 2.05) is 0 Å².